The molecule has 0 aliphatic heterocycles. The van der Waals surface area contributed by atoms with Gasteiger partial charge in [0, 0.05) is 11.6 Å². The Bertz CT molecular complexity index is 659. The Hall–Kier alpha value is -1.98. The fraction of sp³-hybridized carbons (Fsp3) is 0.188. The third-order valence-corrected chi connectivity index (χ3v) is 3.31. The van der Waals surface area contributed by atoms with Crippen LogP contribution in [0, 0.1) is 11.6 Å². The highest BCUT2D eigenvalue weighted by atomic mass is 35.5. The lowest BCUT2D eigenvalue weighted by molar-refractivity contribution is -0.120. The molecule has 1 atom stereocenters. The molecule has 0 bridgehead atoms. The number of aliphatic hydroxyl groups excluding tert-OH is 1. The van der Waals surface area contributed by atoms with E-state index in [0.29, 0.717) is 10.6 Å². The van der Waals surface area contributed by atoms with Gasteiger partial charge in [-0.15, -0.1) is 0 Å². The second-order valence-electron chi connectivity index (χ2n) is 4.76. The molecule has 2 aromatic carbocycles. The van der Waals surface area contributed by atoms with Crippen molar-refractivity contribution in [2.24, 2.45) is 0 Å². The number of hydrogen-bond donors (Lipinski definition) is 2. The number of nitrogens with one attached hydrogen (secondary N) is 1. The normalized spacial score (nSPS) is 12.0. The summed E-state index contributed by atoms with van der Waals surface area (Å²) in [6, 6.07) is 10.1. The predicted molar refractivity (Wildman–Crippen MR) is 79.5 cm³/mol. The van der Waals surface area contributed by atoms with Crippen molar-refractivity contribution in [3.8, 4) is 0 Å². The van der Waals surface area contributed by atoms with Gasteiger partial charge in [0.15, 0.2) is 0 Å². The van der Waals surface area contributed by atoms with Crippen LogP contribution in [0.15, 0.2) is 42.5 Å². The van der Waals surface area contributed by atoms with E-state index in [2.05, 4.69) is 5.32 Å². The summed E-state index contributed by atoms with van der Waals surface area (Å²) in [6.45, 7) is -0.281. The summed E-state index contributed by atoms with van der Waals surface area (Å²) in [6.07, 6.45) is -1.39. The molecule has 0 saturated carbocycles. The summed E-state index contributed by atoms with van der Waals surface area (Å²) in [5.74, 6) is -2.08. The minimum Gasteiger partial charge on any atom is -0.386 e. The maximum atomic E-state index is 13.5. The van der Waals surface area contributed by atoms with Crippen LogP contribution in [-0.4, -0.2) is 17.6 Å². The second kappa shape index (κ2) is 7.33. The Labute approximate surface area is 131 Å². The maximum Gasteiger partial charge on any atom is 0.224 e. The molecule has 0 fully saturated rings. The molecule has 116 valence electrons. The van der Waals surface area contributed by atoms with Crippen LogP contribution in [0.1, 0.15) is 17.2 Å². The first-order chi connectivity index (χ1) is 10.5. The van der Waals surface area contributed by atoms with Crippen molar-refractivity contribution < 1.29 is 18.7 Å². The molecular weight excluding hydrogens is 312 g/mol. The van der Waals surface area contributed by atoms with Gasteiger partial charge in [-0.25, -0.2) is 8.78 Å². The van der Waals surface area contributed by atoms with E-state index in [4.69, 9.17) is 11.6 Å². The van der Waals surface area contributed by atoms with Crippen molar-refractivity contribution in [2.45, 2.75) is 12.5 Å². The van der Waals surface area contributed by atoms with E-state index in [9.17, 15) is 18.7 Å². The average Bonchev–Trinajstić information content (AvgIpc) is 2.45. The molecule has 2 N–H and O–H groups in total. The van der Waals surface area contributed by atoms with Crippen LogP contribution in [0.2, 0.25) is 5.02 Å². The Balaban J connectivity index is 1.93. The van der Waals surface area contributed by atoms with Gasteiger partial charge < -0.3 is 10.4 Å². The first-order valence-corrected chi connectivity index (χ1v) is 6.98. The van der Waals surface area contributed by atoms with E-state index in [-0.39, 0.29) is 18.9 Å². The number of rotatable bonds is 5. The van der Waals surface area contributed by atoms with Gasteiger partial charge in [-0.3, -0.25) is 4.79 Å². The number of carbonyl (C=O) groups is 1. The third-order valence-electron chi connectivity index (χ3n) is 3.08. The maximum absolute atomic E-state index is 13.5. The van der Waals surface area contributed by atoms with Gasteiger partial charge in [0.2, 0.25) is 5.91 Å². The number of carbonyl (C=O) groups excluding carboxylic acids is 1. The van der Waals surface area contributed by atoms with Gasteiger partial charge in [-0.05, 0) is 29.8 Å². The Kier molecular flexibility index (Phi) is 5.46. The SMILES string of the molecule is O=C(Cc1cccc(Cl)c1)NCC(O)c1c(F)cccc1F. The summed E-state index contributed by atoms with van der Waals surface area (Å²) < 4.78 is 27.0. The van der Waals surface area contributed by atoms with Gasteiger partial charge in [-0.2, -0.15) is 0 Å². The van der Waals surface area contributed by atoms with E-state index in [1.807, 2.05) is 0 Å². The molecule has 0 aromatic heterocycles. The zero-order chi connectivity index (χ0) is 16.1. The van der Waals surface area contributed by atoms with E-state index in [1.165, 1.54) is 6.07 Å². The summed E-state index contributed by atoms with van der Waals surface area (Å²) in [5, 5.41) is 12.8. The largest absolute Gasteiger partial charge is 0.386 e. The van der Waals surface area contributed by atoms with Gasteiger partial charge >= 0.3 is 0 Å². The Morgan fingerprint density at radius 1 is 1.18 bits per heavy atom. The summed E-state index contributed by atoms with van der Waals surface area (Å²) in [4.78, 5) is 11.8. The molecule has 0 saturated heterocycles. The van der Waals surface area contributed by atoms with Crippen molar-refractivity contribution in [1.29, 1.82) is 0 Å². The standard InChI is InChI=1S/C16H14ClF2NO2/c17-11-4-1-3-10(7-11)8-15(22)20-9-14(21)16-12(18)5-2-6-13(16)19/h1-7,14,21H,8-9H2,(H,20,22). The van der Waals surface area contributed by atoms with Crippen LogP contribution in [0.5, 0.6) is 0 Å². The van der Waals surface area contributed by atoms with Crippen molar-refractivity contribution in [2.75, 3.05) is 6.54 Å². The summed E-state index contributed by atoms with van der Waals surface area (Å²) in [7, 11) is 0. The summed E-state index contributed by atoms with van der Waals surface area (Å²) in [5.41, 5.74) is 0.252. The second-order valence-corrected chi connectivity index (χ2v) is 5.20. The molecule has 2 rings (SSSR count). The lowest BCUT2D eigenvalue weighted by atomic mass is 10.1. The first kappa shape index (κ1) is 16.4. The van der Waals surface area contributed by atoms with Crippen LogP contribution in [0.4, 0.5) is 8.78 Å². The zero-order valence-electron chi connectivity index (χ0n) is 11.5. The topological polar surface area (TPSA) is 49.3 Å². The Morgan fingerprint density at radius 3 is 2.45 bits per heavy atom. The minimum absolute atomic E-state index is 0.0625. The predicted octanol–water partition coefficient (Wildman–Crippen LogP) is 3.01. The van der Waals surface area contributed by atoms with Gasteiger partial charge in [0.1, 0.15) is 17.7 Å². The van der Waals surface area contributed by atoms with Crippen LogP contribution < -0.4 is 5.32 Å². The van der Waals surface area contributed by atoms with Crippen molar-refractivity contribution in [3.63, 3.8) is 0 Å². The minimum atomic E-state index is -1.45. The quantitative estimate of drug-likeness (QED) is 0.888. The monoisotopic (exact) mass is 325 g/mol. The van der Waals surface area contributed by atoms with Crippen molar-refractivity contribution in [3.05, 3.63) is 70.2 Å². The van der Waals surface area contributed by atoms with Crippen LogP contribution >= 0.6 is 11.6 Å². The lowest BCUT2D eigenvalue weighted by Crippen LogP contribution is -2.30. The van der Waals surface area contributed by atoms with E-state index in [0.717, 1.165) is 12.1 Å². The number of halogens is 3. The lowest BCUT2D eigenvalue weighted by Gasteiger charge is -2.14. The van der Waals surface area contributed by atoms with Crippen LogP contribution in [-0.2, 0) is 11.2 Å². The fourth-order valence-electron chi connectivity index (χ4n) is 2.04. The summed E-state index contributed by atoms with van der Waals surface area (Å²) >= 11 is 5.82. The molecule has 2 aromatic rings. The third kappa shape index (κ3) is 4.26. The van der Waals surface area contributed by atoms with Gasteiger partial charge in [-0.1, -0.05) is 29.8 Å². The number of aliphatic hydroxyl groups is 1. The molecule has 0 radical (unpaired) electrons. The molecular formula is C16H14ClF2NO2. The number of hydrogen-bond acceptors (Lipinski definition) is 2. The molecule has 22 heavy (non-hydrogen) atoms. The van der Waals surface area contributed by atoms with E-state index >= 15 is 0 Å². The Morgan fingerprint density at radius 2 is 1.82 bits per heavy atom. The molecule has 1 amide bonds. The molecule has 0 heterocycles. The van der Waals surface area contributed by atoms with Crippen molar-refractivity contribution in [1.82, 2.24) is 5.32 Å². The molecule has 0 aliphatic carbocycles. The van der Waals surface area contributed by atoms with Crippen LogP contribution in [0.25, 0.3) is 0 Å². The smallest absolute Gasteiger partial charge is 0.224 e. The molecule has 0 aliphatic rings. The molecule has 1 unspecified atom stereocenters. The fourth-order valence-corrected chi connectivity index (χ4v) is 2.25. The zero-order valence-corrected chi connectivity index (χ0v) is 12.3. The highest BCUT2D eigenvalue weighted by Crippen LogP contribution is 2.20. The average molecular weight is 326 g/mol. The van der Waals surface area contributed by atoms with Crippen LogP contribution in [0.3, 0.4) is 0 Å². The number of benzene rings is 2. The van der Waals surface area contributed by atoms with Crippen molar-refractivity contribution >= 4 is 17.5 Å². The highest BCUT2D eigenvalue weighted by Gasteiger charge is 2.18. The number of amides is 1. The van der Waals surface area contributed by atoms with E-state index in [1.54, 1.807) is 24.3 Å². The molecule has 0 spiro atoms. The van der Waals surface area contributed by atoms with Gasteiger partial charge in [0.05, 0.1) is 12.0 Å². The first-order valence-electron chi connectivity index (χ1n) is 6.60. The molecule has 6 heteroatoms. The highest BCUT2D eigenvalue weighted by molar-refractivity contribution is 6.30. The van der Waals surface area contributed by atoms with E-state index < -0.39 is 23.3 Å². The van der Waals surface area contributed by atoms with Gasteiger partial charge in [0.25, 0.3) is 0 Å². The molecule has 3 nitrogen and oxygen atoms in total.